The van der Waals surface area contributed by atoms with Crippen molar-refractivity contribution >= 4 is 17.5 Å². The Morgan fingerprint density at radius 2 is 0.927 bits per heavy atom. The van der Waals surface area contributed by atoms with Gasteiger partial charge in [0, 0.05) is 41.7 Å². The maximum absolute atomic E-state index is 2.28. The monoisotopic (exact) mass is 529 g/mol. The Hall–Kier alpha value is -5.21. The Morgan fingerprint density at radius 3 is 1.34 bits per heavy atom. The minimum Gasteiger partial charge on any atom is -0.344 e. The van der Waals surface area contributed by atoms with Crippen molar-refractivity contribution in [1.29, 1.82) is 0 Å². The van der Waals surface area contributed by atoms with E-state index >= 15 is 0 Å². The highest BCUT2D eigenvalue weighted by atomic mass is 15.1. The van der Waals surface area contributed by atoms with E-state index in [-0.39, 0.29) is 0 Å². The second-order valence-electron chi connectivity index (χ2n) is 10.2. The van der Waals surface area contributed by atoms with E-state index in [1.807, 2.05) is 0 Å². The van der Waals surface area contributed by atoms with Crippen LogP contribution in [0, 0.1) is 0 Å². The predicted molar refractivity (Wildman–Crippen MR) is 172 cm³/mol. The van der Waals surface area contributed by atoms with Gasteiger partial charge in [0.15, 0.2) is 0 Å². The molecule has 0 radical (unpaired) electrons. The molecular formula is C39H33N2+. The van der Waals surface area contributed by atoms with E-state index in [1.165, 1.54) is 45.0 Å². The topological polar surface area (TPSA) is 7.12 Å². The summed E-state index contributed by atoms with van der Waals surface area (Å²) >= 11 is 0. The van der Waals surface area contributed by atoms with Crippen LogP contribution in [0.15, 0.2) is 163 Å². The van der Waals surface area contributed by atoms with E-state index in [4.69, 9.17) is 0 Å². The second kappa shape index (κ2) is 11.9. The van der Waals surface area contributed by atoms with Crippen LogP contribution in [-0.2, 0) is 7.05 Å². The number of allylic oxidation sites excluding steroid dienone is 5. The summed E-state index contributed by atoms with van der Waals surface area (Å²) in [4.78, 5) is 2.28. The molecule has 0 unspecified atom stereocenters. The van der Waals surface area contributed by atoms with Gasteiger partial charge in [0.1, 0.15) is 7.05 Å². The fourth-order valence-corrected chi connectivity index (χ4v) is 5.37. The standard InChI is InChI=1S/C39H33N2/c1-40-36(32-18-7-3-8-19-32)26-30(27-37(40)33-20-9-4-10-21-33)16-15-17-31-28-38(34-22-11-5-12-23-34)41(2)39(29-31)35-24-13-6-14-25-35/h3-29H,1-2H3/q+1. The third-order valence-electron chi connectivity index (χ3n) is 7.51. The molecule has 2 heteroatoms. The fourth-order valence-electron chi connectivity index (χ4n) is 5.37. The molecule has 0 bridgehead atoms. The average molecular weight is 530 g/mol. The quantitative estimate of drug-likeness (QED) is 0.199. The zero-order chi connectivity index (χ0) is 28.0. The molecule has 41 heavy (non-hydrogen) atoms. The van der Waals surface area contributed by atoms with Gasteiger partial charge >= 0.3 is 0 Å². The molecule has 2 heterocycles. The zero-order valence-electron chi connectivity index (χ0n) is 23.5. The van der Waals surface area contributed by atoms with Crippen molar-refractivity contribution in [2.75, 3.05) is 7.05 Å². The lowest BCUT2D eigenvalue weighted by Crippen LogP contribution is -2.34. The van der Waals surface area contributed by atoms with Crippen LogP contribution in [0.5, 0.6) is 0 Å². The van der Waals surface area contributed by atoms with E-state index < -0.39 is 0 Å². The summed E-state index contributed by atoms with van der Waals surface area (Å²) in [6, 6.07) is 46.9. The molecule has 0 aliphatic carbocycles. The summed E-state index contributed by atoms with van der Waals surface area (Å²) in [6.07, 6.45) is 11.1. The Bertz CT molecular complexity index is 1640. The molecule has 1 aromatic heterocycles. The molecule has 6 rings (SSSR count). The van der Waals surface area contributed by atoms with Gasteiger partial charge in [0.25, 0.3) is 0 Å². The minimum absolute atomic E-state index is 1.16. The molecule has 198 valence electrons. The SMILES string of the molecule is CN1C(c2ccccc2)=CC(=C/C=C/c2cc(-c3ccccc3)[n+](C)c(-c3ccccc3)c2)C=C1c1ccccc1. The van der Waals surface area contributed by atoms with Crippen molar-refractivity contribution in [1.82, 2.24) is 4.90 Å². The van der Waals surface area contributed by atoms with Gasteiger partial charge in [0.2, 0.25) is 11.4 Å². The van der Waals surface area contributed by atoms with Gasteiger partial charge in [-0.15, -0.1) is 0 Å². The number of pyridine rings is 1. The van der Waals surface area contributed by atoms with E-state index in [0.29, 0.717) is 0 Å². The average Bonchev–Trinajstić information content (AvgIpc) is 3.04. The van der Waals surface area contributed by atoms with E-state index in [2.05, 4.69) is 187 Å². The molecule has 1 aliphatic rings. The van der Waals surface area contributed by atoms with Crippen LogP contribution in [0.25, 0.3) is 40.0 Å². The van der Waals surface area contributed by atoms with Gasteiger partial charge in [0.05, 0.1) is 0 Å². The van der Waals surface area contributed by atoms with Crippen molar-refractivity contribution in [3.63, 3.8) is 0 Å². The van der Waals surface area contributed by atoms with Crippen LogP contribution >= 0.6 is 0 Å². The Labute approximate surface area is 243 Å². The van der Waals surface area contributed by atoms with Crippen molar-refractivity contribution in [2.24, 2.45) is 7.05 Å². The third-order valence-corrected chi connectivity index (χ3v) is 7.51. The molecule has 0 amide bonds. The summed E-state index contributed by atoms with van der Waals surface area (Å²) in [6.45, 7) is 0. The van der Waals surface area contributed by atoms with Crippen molar-refractivity contribution in [3.05, 3.63) is 180 Å². The Balaban J connectivity index is 1.42. The van der Waals surface area contributed by atoms with Crippen molar-refractivity contribution in [3.8, 4) is 22.5 Å². The molecule has 2 nitrogen and oxygen atoms in total. The third kappa shape index (κ3) is 5.73. The van der Waals surface area contributed by atoms with Crippen LogP contribution in [0.3, 0.4) is 0 Å². The lowest BCUT2D eigenvalue weighted by Gasteiger charge is -2.30. The smallest absolute Gasteiger partial charge is 0.213 e. The molecule has 0 spiro atoms. The second-order valence-corrected chi connectivity index (χ2v) is 10.2. The maximum Gasteiger partial charge on any atom is 0.213 e. The number of hydrogen-bond acceptors (Lipinski definition) is 1. The molecular weight excluding hydrogens is 496 g/mol. The van der Waals surface area contributed by atoms with Crippen LogP contribution in [-0.4, -0.2) is 11.9 Å². The summed E-state index contributed by atoms with van der Waals surface area (Å²) in [7, 11) is 4.29. The lowest BCUT2D eigenvalue weighted by molar-refractivity contribution is -0.649. The highest BCUT2D eigenvalue weighted by molar-refractivity contribution is 5.83. The van der Waals surface area contributed by atoms with Crippen LogP contribution in [0.1, 0.15) is 16.7 Å². The van der Waals surface area contributed by atoms with Gasteiger partial charge in [-0.3, -0.25) is 0 Å². The molecule has 0 fully saturated rings. The number of hydrogen-bond donors (Lipinski definition) is 0. The first-order chi connectivity index (χ1) is 20.2. The van der Waals surface area contributed by atoms with Crippen LogP contribution < -0.4 is 4.57 Å². The summed E-state index contributed by atoms with van der Waals surface area (Å²) in [5.41, 5.74) is 11.8. The first-order valence-corrected chi connectivity index (χ1v) is 14.0. The van der Waals surface area contributed by atoms with Crippen molar-refractivity contribution in [2.45, 2.75) is 0 Å². The summed E-state index contributed by atoms with van der Waals surface area (Å²) < 4.78 is 2.28. The van der Waals surface area contributed by atoms with Gasteiger partial charge in [-0.25, -0.2) is 0 Å². The normalized spacial score (nSPS) is 13.2. The van der Waals surface area contributed by atoms with Gasteiger partial charge < -0.3 is 4.90 Å². The summed E-state index contributed by atoms with van der Waals surface area (Å²) in [5, 5.41) is 0. The predicted octanol–water partition coefficient (Wildman–Crippen LogP) is 8.81. The molecule has 1 aliphatic heterocycles. The van der Waals surface area contributed by atoms with E-state index in [0.717, 1.165) is 11.1 Å². The number of benzene rings is 4. The van der Waals surface area contributed by atoms with Gasteiger partial charge in [-0.2, -0.15) is 4.57 Å². The fraction of sp³-hybridized carbons (Fsp3) is 0.0513. The van der Waals surface area contributed by atoms with E-state index in [9.17, 15) is 0 Å². The summed E-state index contributed by atoms with van der Waals surface area (Å²) in [5.74, 6) is 0. The Morgan fingerprint density at radius 1 is 0.537 bits per heavy atom. The number of aromatic nitrogens is 1. The first kappa shape index (κ1) is 26.0. The molecule has 0 atom stereocenters. The molecule has 0 saturated heterocycles. The van der Waals surface area contributed by atoms with Gasteiger partial charge in [-0.1, -0.05) is 115 Å². The van der Waals surface area contributed by atoms with E-state index in [1.54, 1.807) is 0 Å². The van der Waals surface area contributed by atoms with Gasteiger partial charge in [-0.05, 0) is 58.7 Å². The number of nitrogens with zero attached hydrogens (tertiary/aromatic N) is 2. The van der Waals surface area contributed by atoms with Crippen LogP contribution in [0.4, 0.5) is 0 Å². The lowest BCUT2D eigenvalue weighted by atomic mass is 9.98. The Kier molecular flexibility index (Phi) is 7.55. The highest BCUT2D eigenvalue weighted by Gasteiger charge is 2.19. The van der Waals surface area contributed by atoms with Crippen molar-refractivity contribution < 1.29 is 4.57 Å². The highest BCUT2D eigenvalue weighted by Crippen LogP contribution is 2.34. The first-order valence-electron chi connectivity index (χ1n) is 14.0. The maximum atomic E-state index is 2.28. The molecule has 0 saturated carbocycles. The number of rotatable bonds is 6. The molecule has 4 aromatic carbocycles. The largest absolute Gasteiger partial charge is 0.344 e. The van der Waals surface area contributed by atoms with Crippen LogP contribution in [0.2, 0.25) is 0 Å². The minimum atomic E-state index is 1.16. The zero-order valence-corrected chi connectivity index (χ0v) is 23.5. The molecule has 5 aromatic rings. The molecule has 0 N–H and O–H groups in total.